The fourth-order valence-electron chi connectivity index (χ4n) is 1.14. The molecule has 3 heteroatoms. The van der Waals surface area contributed by atoms with E-state index in [9.17, 15) is 0 Å². The van der Waals surface area contributed by atoms with Crippen LogP contribution in [0.3, 0.4) is 0 Å². The van der Waals surface area contributed by atoms with Crippen molar-refractivity contribution in [2.45, 2.75) is 20.8 Å². The SMILES string of the molecule is CCNc1ccc(OCC)c(C)n1. The third-order valence-electron chi connectivity index (χ3n) is 1.70. The molecule has 1 aromatic heterocycles. The maximum atomic E-state index is 5.38. The Morgan fingerprint density at radius 2 is 2.15 bits per heavy atom. The smallest absolute Gasteiger partial charge is 0.140 e. The molecule has 72 valence electrons. The lowest BCUT2D eigenvalue weighted by atomic mass is 10.3. The molecule has 0 aliphatic rings. The molecule has 1 aromatic rings. The standard InChI is InChI=1S/C10H16N2O/c1-4-11-10-7-6-9(13-5-2)8(3)12-10/h6-7H,4-5H2,1-3H3,(H,11,12). The van der Waals surface area contributed by atoms with E-state index in [2.05, 4.69) is 10.3 Å². The molecule has 0 radical (unpaired) electrons. The third-order valence-corrected chi connectivity index (χ3v) is 1.70. The summed E-state index contributed by atoms with van der Waals surface area (Å²) in [6, 6.07) is 3.88. The van der Waals surface area contributed by atoms with Gasteiger partial charge >= 0.3 is 0 Å². The molecule has 1 N–H and O–H groups in total. The van der Waals surface area contributed by atoms with Crippen molar-refractivity contribution in [1.82, 2.24) is 4.98 Å². The summed E-state index contributed by atoms with van der Waals surface area (Å²) >= 11 is 0. The summed E-state index contributed by atoms with van der Waals surface area (Å²) in [4.78, 5) is 4.35. The van der Waals surface area contributed by atoms with E-state index in [1.807, 2.05) is 32.9 Å². The summed E-state index contributed by atoms with van der Waals surface area (Å²) < 4.78 is 5.38. The fourth-order valence-corrected chi connectivity index (χ4v) is 1.14. The van der Waals surface area contributed by atoms with Gasteiger partial charge in [0.2, 0.25) is 0 Å². The molecule has 0 fully saturated rings. The van der Waals surface area contributed by atoms with Gasteiger partial charge in [0.05, 0.1) is 12.3 Å². The molecular weight excluding hydrogens is 164 g/mol. The highest BCUT2D eigenvalue weighted by Gasteiger charge is 2.00. The number of hydrogen-bond acceptors (Lipinski definition) is 3. The number of pyridine rings is 1. The second-order valence-corrected chi connectivity index (χ2v) is 2.74. The lowest BCUT2D eigenvalue weighted by Crippen LogP contribution is -2.02. The molecule has 0 aliphatic carbocycles. The molecule has 1 rings (SSSR count). The van der Waals surface area contributed by atoms with E-state index < -0.39 is 0 Å². The number of ether oxygens (including phenoxy) is 1. The van der Waals surface area contributed by atoms with Crippen LogP contribution in [0.25, 0.3) is 0 Å². The predicted octanol–water partition coefficient (Wildman–Crippen LogP) is 2.22. The monoisotopic (exact) mass is 180 g/mol. The molecule has 0 bridgehead atoms. The van der Waals surface area contributed by atoms with E-state index in [1.54, 1.807) is 0 Å². The van der Waals surface area contributed by atoms with Gasteiger partial charge in [0.25, 0.3) is 0 Å². The Kier molecular flexibility index (Phi) is 3.55. The number of nitrogens with zero attached hydrogens (tertiary/aromatic N) is 1. The number of nitrogens with one attached hydrogen (secondary N) is 1. The van der Waals surface area contributed by atoms with E-state index in [4.69, 9.17) is 4.74 Å². The van der Waals surface area contributed by atoms with Gasteiger partial charge in [-0.3, -0.25) is 0 Å². The van der Waals surface area contributed by atoms with Gasteiger partial charge in [-0.2, -0.15) is 0 Å². The molecular formula is C10H16N2O. The largest absolute Gasteiger partial charge is 0.492 e. The summed E-state index contributed by atoms with van der Waals surface area (Å²) in [6.45, 7) is 7.54. The lowest BCUT2D eigenvalue weighted by molar-refractivity contribution is 0.336. The third kappa shape index (κ3) is 2.61. The number of rotatable bonds is 4. The van der Waals surface area contributed by atoms with Crippen LogP contribution in [-0.4, -0.2) is 18.1 Å². The zero-order valence-corrected chi connectivity index (χ0v) is 8.42. The zero-order chi connectivity index (χ0) is 9.68. The highest BCUT2D eigenvalue weighted by Crippen LogP contribution is 2.17. The van der Waals surface area contributed by atoms with Crippen LogP contribution in [0.1, 0.15) is 19.5 Å². The minimum Gasteiger partial charge on any atom is -0.492 e. The predicted molar refractivity (Wildman–Crippen MR) is 54.3 cm³/mol. The first-order valence-corrected chi connectivity index (χ1v) is 4.62. The van der Waals surface area contributed by atoms with E-state index in [1.165, 1.54) is 0 Å². The quantitative estimate of drug-likeness (QED) is 0.771. The maximum Gasteiger partial charge on any atom is 0.140 e. The van der Waals surface area contributed by atoms with Crippen molar-refractivity contribution in [1.29, 1.82) is 0 Å². The molecule has 0 saturated heterocycles. The number of anilines is 1. The molecule has 13 heavy (non-hydrogen) atoms. The average molecular weight is 180 g/mol. The second kappa shape index (κ2) is 4.70. The van der Waals surface area contributed by atoms with Gasteiger partial charge in [0.15, 0.2) is 0 Å². The molecule has 0 saturated carbocycles. The Morgan fingerprint density at radius 1 is 1.38 bits per heavy atom. The Hall–Kier alpha value is -1.25. The van der Waals surface area contributed by atoms with Crippen LogP contribution in [0.5, 0.6) is 5.75 Å². The van der Waals surface area contributed by atoms with Crippen molar-refractivity contribution in [3.63, 3.8) is 0 Å². The van der Waals surface area contributed by atoms with Crippen LogP contribution >= 0.6 is 0 Å². The first kappa shape index (κ1) is 9.84. The number of hydrogen-bond donors (Lipinski definition) is 1. The number of aryl methyl sites for hydroxylation is 1. The van der Waals surface area contributed by atoms with Gasteiger partial charge in [0, 0.05) is 6.54 Å². The summed E-state index contributed by atoms with van der Waals surface area (Å²) in [5.74, 6) is 1.77. The molecule has 0 aliphatic heterocycles. The van der Waals surface area contributed by atoms with Crippen LogP contribution in [0, 0.1) is 6.92 Å². The van der Waals surface area contributed by atoms with Gasteiger partial charge in [-0.15, -0.1) is 0 Å². The molecule has 0 atom stereocenters. The molecule has 0 unspecified atom stereocenters. The normalized spacial score (nSPS) is 9.77. The lowest BCUT2D eigenvalue weighted by Gasteiger charge is -2.08. The molecule has 0 aromatic carbocycles. The highest BCUT2D eigenvalue weighted by molar-refractivity contribution is 5.41. The maximum absolute atomic E-state index is 5.38. The van der Waals surface area contributed by atoms with Gasteiger partial charge in [-0.25, -0.2) is 4.98 Å². The van der Waals surface area contributed by atoms with E-state index >= 15 is 0 Å². The summed E-state index contributed by atoms with van der Waals surface area (Å²) in [7, 11) is 0. The minimum absolute atomic E-state index is 0.684. The second-order valence-electron chi connectivity index (χ2n) is 2.74. The van der Waals surface area contributed by atoms with Crippen molar-refractivity contribution >= 4 is 5.82 Å². The van der Waals surface area contributed by atoms with Gasteiger partial charge in [0.1, 0.15) is 11.6 Å². The topological polar surface area (TPSA) is 34.1 Å². The number of aromatic nitrogens is 1. The van der Waals surface area contributed by atoms with E-state index in [0.29, 0.717) is 6.61 Å². The fraction of sp³-hybridized carbons (Fsp3) is 0.500. The van der Waals surface area contributed by atoms with Crippen LogP contribution in [0.2, 0.25) is 0 Å². The minimum atomic E-state index is 0.684. The molecule has 0 spiro atoms. The Morgan fingerprint density at radius 3 is 2.69 bits per heavy atom. The van der Waals surface area contributed by atoms with Crippen molar-refractivity contribution in [2.24, 2.45) is 0 Å². The van der Waals surface area contributed by atoms with Crippen LogP contribution in [-0.2, 0) is 0 Å². The first-order chi connectivity index (χ1) is 6.27. The van der Waals surface area contributed by atoms with Crippen LogP contribution in [0.15, 0.2) is 12.1 Å². The first-order valence-electron chi connectivity index (χ1n) is 4.62. The van der Waals surface area contributed by atoms with E-state index in [0.717, 1.165) is 23.8 Å². The summed E-state index contributed by atoms with van der Waals surface area (Å²) in [5.41, 5.74) is 0.931. The Bertz CT molecular complexity index is 274. The average Bonchev–Trinajstić information content (AvgIpc) is 2.10. The van der Waals surface area contributed by atoms with Crippen molar-refractivity contribution < 1.29 is 4.74 Å². The Balaban J connectivity index is 2.79. The molecule has 3 nitrogen and oxygen atoms in total. The van der Waals surface area contributed by atoms with Crippen LogP contribution in [0.4, 0.5) is 5.82 Å². The molecule has 0 amide bonds. The Labute approximate surface area is 79.1 Å². The highest BCUT2D eigenvalue weighted by atomic mass is 16.5. The summed E-state index contributed by atoms with van der Waals surface area (Å²) in [5, 5.41) is 3.15. The van der Waals surface area contributed by atoms with Gasteiger partial charge in [-0.05, 0) is 32.9 Å². The molecule has 1 heterocycles. The zero-order valence-electron chi connectivity index (χ0n) is 8.42. The van der Waals surface area contributed by atoms with Gasteiger partial charge in [-0.1, -0.05) is 0 Å². The van der Waals surface area contributed by atoms with Crippen LogP contribution < -0.4 is 10.1 Å². The summed E-state index contributed by atoms with van der Waals surface area (Å²) in [6.07, 6.45) is 0. The van der Waals surface area contributed by atoms with Gasteiger partial charge < -0.3 is 10.1 Å². The van der Waals surface area contributed by atoms with Crippen molar-refractivity contribution in [3.05, 3.63) is 17.8 Å². The van der Waals surface area contributed by atoms with Crippen molar-refractivity contribution in [3.8, 4) is 5.75 Å². The van der Waals surface area contributed by atoms with Crippen molar-refractivity contribution in [2.75, 3.05) is 18.5 Å². The van der Waals surface area contributed by atoms with E-state index in [-0.39, 0.29) is 0 Å².